The van der Waals surface area contributed by atoms with Gasteiger partial charge in [-0.25, -0.2) is 4.99 Å². The summed E-state index contributed by atoms with van der Waals surface area (Å²) in [5.41, 5.74) is 2.80. The van der Waals surface area contributed by atoms with E-state index in [-0.39, 0.29) is 12.0 Å². The average molecular weight is 399 g/mol. The predicted molar refractivity (Wildman–Crippen MR) is 113 cm³/mol. The lowest BCUT2D eigenvalue weighted by Crippen LogP contribution is -2.48. The number of aromatic nitrogens is 2. The highest BCUT2D eigenvalue weighted by Crippen LogP contribution is 2.21. The predicted octanol–water partition coefficient (Wildman–Crippen LogP) is 1.71. The van der Waals surface area contributed by atoms with E-state index in [1.54, 1.807) is 4.68 Å². The van der Waals surface area contributed by atoms with Crippen molar-refractivity contribution in [3.05, 3.63) is 53.3 Å². The minimum atomic E-state index is -0.0503. The van der Waals surface area contributed by atoms with Gasteiger partial charge in [-0.3, -0.25) is 9.48 Å². The molecule has 1 aliphatic heterocycles. The molecule has 0 spiro atoms. The van der Waals surface area contributed by atoms with E-state index in [1.165, 1.54) is 0 Å². The molecule has 0 radical (unpaired) electrons. The summed E-state index contributed by atoms with van der Waals surface area (Å²) in [6, 6.07) is 7.59. The molecule has 2 N–H and O–H groups in total. The van der Waals surface area contributed by atoms with Crippen molar-refractivity contribution in [2.45, 2.75) is 26.5 Å². The number of hydrogen-bond acceptors (Lipinski definition) is 4. The number of rotatable bonds is 6. The van der Waals surface area contributed by atoms with Gasteiger partial charge < -0.3 is 20.3 Å². The van der Waals surface area contributed by atoms with E-state index < -0.39 is 0 Å². The van der Waals surface area contributed by atoms with Crippen molar-refractivity contribution in [3.63, 3.8) is 0 Å². The number of aryl methyl sites for hydroxylation is 1. The van der Waals surface area contributed by atoms with Gasteiger partial charge in [0.05, 0.1) is 25.9 Å². The van der Waals surface area contributed by atoms with Gasteiger partial charge in [0.15, 0.2) is 5.96 Å². The van der Waals surface area contributed by atoms with Crippen LogP contribution >= 0.6 is 0 Å². The van der Waals surface area contributed by atoms with Crippen LogP contribution in [0.4, 0.5) is 0 Å². The van der Waals surface area contributed by atoms with Crippen LogP contribution in [0.3, 0.4) is 0 Å². The van der Waals surface area contributed by atoms with Crippen molar-refractivity contribution in [2.75, 3.05) is 32.8 Å². The van der Waals surface area contributed by atoms with Crippen LogP contribution in [0.2, 0.25) is 0 Å². The third-order valence-electron chi connectivity index (χ3n) is 4.76. The van der Waals surface area contributed by atoms with Crippen molar-refractivity contribution in [1.29, 1.82) is 0 Å². The van der Waals surface area contributed by atoms with Gasteiger partial charge in [0.2, 0.25) is 0 Å². The number of nitrogens with zero attached hydrogens (tertiary/aromatic N) is 4. The summed E-state index contributed by atoms with van der Waals surface area (Å²) in [7, 11) is 1.91. The van der Waals surface area contributed by atoms with Crippen LogP contribution in [0.1, 0.15) is 41.4 Å². The van der Waals surface area contributed by atoms with E-state index in [0.717, 1.165) is 36.7 Å². The van der Waals surface area contributed by atoms with Crippen molar-refractivity contribution in [3.8, 4) is 0 Å². The zero-order valence-corrected chi connectivity index (χ0v) is 17.4. The fourth-order valence-electron chi connectivity index (χ4n) is 3.27. The van der Waals surface area contributed by atoms with E-state index in [1.807, 2.05) is 50.6 Å². The van der Waals surface area contributed by atoms with Gasteiger partial charge in [0.25, 0.3) is 5.91 Å². The van der Waals surface area contributed by atoms with Crippen LogP contribution in [0.25, 0.3) is 0 Å². The van der Waals surface area contributed by atoms with Crippen LogP contribution in [0, 0.1) is 0 Å². The third kappa shape index (κ3) is 5.57. The molecular weight excluding hydrogens is 368 g/mol. The van der Waals surface area contributed by atoms with E-state index in [4.69, 9.17) is 9.73 Å². The number of ether oxygens (including phenoxy) is 1. The molecule has 156 valence electrons. The summed E-state index contributed by atoms with van der Waals surface area (Å²) >= 11 is 0. The number of guanidine groups is 1. The zero-order chi connectivity index (χ0) is 20.6. The lowest BCUT2D eigenvalue weighted by atomic mass is 10.1. The molecule has 2 aromatic rings. The molecule has 8 nitrogen and oxygen atoms in total. The molecule has 1 unspecified atom stereocenters. The number of carbonyl (C=O) groups excluding carboxylic acids is 1. The fourth-order valence-corrected chi connectivity index (χ4v) is 3.27. The first kappa shape index (κ1) is 20.9. The first-order valence-corrected chi connectivity index (χ1v) is 10.1. The summed E-state index contributed by atoms with van der Waals surface area (Å²) in [5, 5.41) is 10.4. The van der Waals surface area contributed by atoms with Crippen molar-refractivity contribution in [2.24, 2.45) is 12.0 Å². The second-order valence-corrected chi connectivity index (χ2v) is 6.98. The summed E-state index contributed by atoms with van der Waals surface area (Å²) in [6.07, 6.45) is 3.83. The van der Waals surface area contributed by atoms with Crippen LogP contribution in [-0.4, -0.2) is 59.3 Å². The standard InChI is InChI=1S/C21H30N6O2/c1-4-22-20(28)17-8-6-16(7-9-17)12-24-21(23-5-2)27-10-11-29-19(15-27)18-13-25-26(3)14-18/h6-9,13-14,19H,4-5,10-12,15H2,1-3H3,(H,22,28)(H,23,24). The largest absolute Gasteiger partial charge is 0.370 e. The van der Waals surface area contributed by atoms with Gasteiger partial charge in [0.1, 0.15) is 6.10 Å². The molecule has 0 saturated carbocycles. The molecule has 1 aliphatic rings. The Balaban J connectivity index is 1.66. The molecule has 29 heavy (non-hydrogen) atoms. The smallest absolute Gasteiger partial charge is 0.251 e. The minimum Gasteiger partial charge on any atom is -0.370 e. The summed E-state index contributed by atoms with van der Waals surface area (Å²) in [4.78, 5) is 18.9. The number of amides is 1. The Morgan fingerprint density at radius 3 is 2.66 bits per heavy atom. The zero-order valence-electron chi connectivity index (χ0n) is 17.4. The second-order valence-electron chi connectivity index (χ2n) is 6.98. The molecule has 1 atom stereocenters. The number of nitrogens with one attached hydrogen (secondary N) is 2. The molecule has 1 fully saturated rings. The quantitative estimate of drug-likeness (QED) is 0.572. The summed E-state index contributed by atoms with van der Waals surface area (Å²) in [6.45, 7) is 8.11. The SMILES string of the molecule is CCNC(=O)c1ccc(CN=C(NCC)N2CCOC(c3cnn(C)c3)C2)cc1. The van der Waals surface area contributed by atoms with E-state index in [0.29, 0.717) is 25.3 Å². The molecule has 2 heterocycles. The summed E-state index contributed by atoms with van der Waals surface area (Å²) < 4.78 is 7.73. The maximum atomic E-state index is 11.9. The van der Waals surface area contributed by atoms with Gasteiger partial charge in [-0.05, 0) is 31.5 Å². The monoisotopic (exact) mass is 398 g/mol. The van der Waals surface area contributed by atoms with Crippen LogP contribution < -0.4 is 10.6 Å². The van der Waals surface area contributed by atoms with Crippen LogP contribution in [0.15, 0.2) is 41.7 Å². The van der Waals surface area contributed by atoms with Crippen molar-refractivity contribution < 1.29 is 9.53 Å². The number of carbonyl (C=O) groups is 1. The maximum absolute atomic E-state index is 11.9. The Bertz CT molecular complexity index is 830. The average Bonchev–Trinajstić information content (AvgIpc) is 3.18. The van der Waals surface area contributed by atoms with Crippen molar-refractivity contribution in [1.82, 2.24) is 25.3 Å². The molecule has 0 aliphatic carbocycles. The van der Waals surface area contributed by atoms with E-state index in [2.05, 4.69) is 27.6 Å². The molecule has 0 bridgehead atoms. The number of aliphatic imine (C=N–C) groups is 1. The number of benzene rings is 1. The van der Waals surface area contributed by atoms with E-state index in [9.17, 15) is 4.79 Å². The first-order valence-electron chi connectivity index (χ1n) is 10.1. The molecular formula is C21H30N6O2. The Hall–Kier alpha value is -2.87. The normalized spacial score (nSPS) is 17.3. The van der Waals surface area contributed by atoms with Gasteiger partial charge >= 0.3 is 0 Å². The number of hydrogen-bond donors (Lipinski definition) is 2. The highest BCUT2D eigenvalue weighted by atomic mass is 16.5. The molecule has 1 aromatic heterocycles. The maximum Gasteiger partial charge on any atom is 0.251 e. The minimum absolute atomic E-state index is 0.0160. The van der Waals surface area contributed by atoms with Crippen molar-refractivity contribution >= 4 is 11.9 Å². The molecule has 1 saturated heterocycles. The Morgan fingerprint density at radius 2 is 2.00 bits per heavy atom. The molecule has 8 heteroatoms. The fraction of sp³-hybridized carbons (Fsp3) is 0.476. The Kier molecular flexibility index (Phi) is 7.24. The van der Waals surface area contributed by atoms with Crippen LogP contribution in [-0.2, 0) is 18.3 Å². The Labute approximate surface area is 171 Å². The topological polar surface area (TPSA) is 83.8 Å². The highest BCUT2D eigenvalue weighted by Gasteiger charge is 2.25. The van der Waals surface area contributed by atoms with Gasteiger partial charge in [-0.15, -0.1) is 0 Å². The third-order valence-corrected chi connectivity index (χ3v) is 4.76. The lowest BCUT2D eigenvalue weighted by Gasteiger charge is -2.34. The first-order chi connectivity index (χ1) is 14.1. The summed E-state index contributed by atoms with van der Waals surface area (Å²) in [5.74, 6) is 0.822. The van der Waals surface area contributed by atoms with Gasteiger partial charge in [0, 0.05) is 44.0 Å². The second kappa shape index (κ2) is 10.1. The highest BCUT2D eigenvalue weighted by molar-refractivity contribution is 5.94. The molecule has 1 amide bonds. The molecule has 3 rings (SSSR count). The van der Waals surface area contributed by atoms with Crippen LogP contribution in [0.5, 0.6) is 0 Å². The van der Waals surface area contributed by atoms with Gasteiger partial charge in [-0.1, -0.05) is 12.1 Å². The Morgan fingerprint density at radius 1 is 1.24 bits per heavy atom. The lowest BCUT2D eigenvalue weighted by molar-refractivity contribution is -0.00805. The number of morpholine rings is 1. The molecule has 1 aromatic carbocycles. The van der Waals surface area contributed by atoms with E-state index >= 15 is 0 Å². The van der Waals surface area contributed by atoms with Gasteiger partial charge in [-0.2, -0.15) is 5.10 Å².